The number of aldehydes is 1. The van der Waals surface area contributed by atoms with E-state index in [1.807, 2.05) is 24.5 Å². The van der Waals surface area contributed by atoms with Crippen LogP contribution >= 0.6 is 0 Å². The van der Waals surface area contributed by atoms with Crippen molar-refractivity contribution in [2.75, 3.05) is 0 Å². The Morgan fingerprint density at radius 1 is 1.43 bits per heavy atom. The highest BCUT2D eigenvalue weighted by molar-refractivity contribution is 5.85. The lowest BCUT2D eigenvalue weighted by Gasteiger charge is -1.99. The van der Waals surface area contributed by atoms with Crippen LogP contribution in [-0.4, -0.2) is 15.8 Å². The first-order chi connectivity index (χ1) is 6.88. The van der Waals surface area contributed by atoms with Crippen LogP contribution in [0.4, 0.5) is 0 Å². The SMILES string of the molecule is O=Cc1ccc2c(c1)ncn2C1CC1. The van der Waals surface area contributed by atoms with E-state index in [4.69, 9.17) is 0 Å². The molecule has 0 N–H and O–H groups in total. The normalized spacial score (nSPS) is 16.0. The molecule has 0 unspecified atom stereocenters. The van der Waals surface area contributed by atoms with Crippen LogP contribution in [0.15, 0.2) is 24.5 Å². The van der Waals surface area contributed by atoms with E-state index < -0.39 is 0 Å². The molecule has 2 aromatic rings. The standard InChI is InChI=1S/C11H10N2O/c14-6-8-1-4-11-10(5-8)12-7-13(11)9-2-3-9/h1,4-7,9H,2-3H2. The Hall–Kier alpha value is -1.64. The number of imidazole rings is 1. The minimum absolute atomic E-state index is 0.641. The Morgan fingerprint density at radius 2 is 2.29 bits per heavy atom. The molecule has 0 bridgehead atoms. The molecule has 0 spiro atoms. The largest absolute Gasteiger partial charge is 0.327 e. The second kappa shape index (κ2) is 2.67. The second-order valence-electron chi connectivity index (χ2n) is 3.75. The number of hydrogen-bond acceptors (Lipinski definition) is 2. The molecule has 0 atom stereocenters. The molecule has 0 saturated heterocycles. The van der Waals surface area contributed by atoms with Crippen LogP contribution in [-0.2, 0) is 0 Å². The third kappa shape index (κ3) is 1.05. The fourth-order valence-electron chi connectivity index (χ4n) is 1.77. The lowest BCUT2D eigenvalue weighted by Crippen LogP contribution is -1.90. The van der Waals surface area contributed by atoms with Crippen molar-refractivity contribution < 1.29 is 4.79 Å². The maximum absolute atomic E-state index is 10.6. The van der Waals surface area contributed by atoms with Crippen LogP contribution in [0, 0.1) is 0 Å². The molecule has 14 heavy (non-hydrogen) atoms. The lowest BCUT2D eigenvalue weighted by atomic mass is 10.2. The minimum Gasteiger partial charge on any atom is -0.327 e. The highest BCUT2D eigenvalue weighted by Gasteiger charge is 2.24. The number of fused-ring (bicyclic) bond motifs is 1. The van der Waals surface area contributed by atoms with Gasteiger partial charge in [-0.1, -0.05) is 0 Å². The first-order valence-corrected chi connectivity index (χ1v) is 4.80. The molecule has 3 rings (SSSR count). The van der Waals surface area contributed by atoms with Crippen LogP contribution in [0.1, 0.15) is 29.2 Å². The molecule has 1 heterocycles. The molecule has 0 amide bonds. The van der Waals surface area contributed by atoms with Gasteiger partial charge < -0.3 is 4.57 Å². The van der Waals surface area contributed by atoms with Gasteiger partial charge in [-0.15, -0.1) is 0 Å². The van der Waals surface area contributed by atoms with Gasteiger partial charge in [-0.3, -0.25) is 4.79 Å². The van der Waals surface area contributed by atoms with Crippen molar-refractivity contribution in [3.63, 3.8) is 0 Å². The smallest absolute Gasteiger partial charge is 0.150 e. The van der Waals surface area contributed by atoms with E-state index in [9.17, 15) is 4.79 Å². The van der Waals surface area contributed by atoms with Crippen molar-refractivity contribution in [2.45, 2.75) is 18.9 Å². The fourth-order valence-corrected chi connectivity index (χ4v) is 1.77. The predicted octanol–water partition coefficient (Wildman–Crippen LogP) is 2.18. The van der Waals surface area contributed by atoms with E-state index in [-0.39, 0.29) is 0 Å². The summed E-state index contributed by atoms with van der Waals surface area (Å²) in [6.45, 7) is 0. The van der Waals surface area contributed by atoms with Gasteiger partial charge in [0.25, 0.3) is 0 Å². The van der Waals surface area contributed by atoms with Gasteiger partial charge >= 0.3 is 0 Å². The molecule has 0 aliphatic heterocycles. The highest BCUT2D eigenvalue weighted by Crippen LogP contribution is 2.36. The number of hydrogen-bond donors (Lipinski definition) is 0. The number of carbonyl (C=O) groups is 1. The van der Waals surface area contributed by atoms with Gasteiger partial charge in [0.2, 0.25) is 0 Å². The van der Waals surface area contributed by atoms with Crippen LogP contribution in [0.25, 0.3) is 11.0 Å². The monoisotopic (exact) mass is 186 g/mol. The molecular formula is C11H10N2O. The number of aromatic nitrogens is 2. The van der Waals surface area contributed by atoms with Crippen molar-refractivity contribution in [2.24, 2.45) is 0 Å². The topological polar surface area (TPSA) is 34.9 Å². The Morgan fingerprint density at radius 3 is 3.00 bits per heavy atom. The van der Waals surface area contributed by atoms with Crippen LogP contribution in [0.3, 0.4) is 0 Å². The lowest BCUT2D eigenvalue weighted by molar-refractivity contribution is 0.112. The molecule has 3 heteroatoms. The van der Waals surface area contributed by atoms with Crippen LogP contribution in [0.5, 0.6) is 0 Å². The van der Waals surface area contributed by atoms with E-state index in [0.29, 0.717) is 11.6 Å². The average Bonchev–Trinajstić information content (AvgIpc) is 2.98. The van der Waals surface area contributed by atoms with Crippen LogP contribution in [0.2, 0.25) is 0 Å². The zero-order chi connectivity index (χ0) is 9.54. The summed E-state index contributed by atoms with van der Waals surface area (Å²) in [7, 11) is 0. The molecule has 1 aromatic heterocycles. The molecule has 3 nitrogen and oxygen atoms in total. The summed E-state index contributed by atoms with van der Waals surface area (Å²) < 4.78 is 2.20. The zero-order valence-corrected chi connectivity index (χ0v) is 7.68. The maximum atomic E-state index is 10.6. The Kier molecular flexibility index (Phi) is 1.48. The van der Waals surface area contributed by atoms with E-state index in [1.54, 1.807) is 0 Å². The van der Waals surface area contributed by atoms with E-state index in [2.05, 4.69) is 9.55 Å². The molecular weight excluding hydrogens is 176 g/mol. The Balaban J connectivity index is 2.21. The highest BCUT2D eigenvalue weighted by atomic mass is 16.1. The second-order valence-corrected chi connectivity index (χ2v) is 3.75. The molecule has 1 fully saturated rings. The number of nitrogens with zero attached hydrogens (tertiary/aromatic N) is 2. The number of benzene rings is 1. The maximum Gasteiger partial charge on any atom is 0.150 e. The summed E-state index contributed by atoms with van der Waals surface area (Å²) in [6.07, 6.45) is 5.23. The zero-order valence-electron chi connectivity index (χ0n) is 7.68. The van der Waals surface area contributed by atoms with Crippen molar-refractivity contribution in [3.8, 4) is 0 Å². The summed E-state index contributed by atoms with van der Waals surface area (Å²) in [6, 6.07) is 6.30. The van der Waals surface area contributed by atoms with Gasteiger partial charge in [-0.25, -0.2) is 4.98 Å². The van der Waals surface area contributed by atoms with Crippen molar-refractivity contribution in [1.82, 2.24) is 9.55 Å². The fraction of sp³-hybridized carbons (Fsp3) is 0.273. The van der Waals surface area contributed by atoms with Gasteiger partial charge in [-0.05, 0) is 31.0 Å². The average molecular weight is 186 g/mol. The summed E-state index contributed by atoms with van der Waals surface area (Å²) in [5.74, 6) is 0. The summed E-state index contributed by atoms with van der Waals surface area (Å²) in [5, 5.41) is 0. The Labute approximate surface area is 81.4 Å². The van der Waals surface area contributed by atoms with Gasteiger partial charge in [0, 0.05) is 11.6 Å². The van der Waals surface area contributed by atoms with Crippen molar-refractivity contribution in [1.29, 1.82) is 0 Å². The first-order valence-electron chi connectivity index (χ1n) is 4.80. The van der Waals surface area contributed by atoms with E-state index in [0.717, 1.165) is 17.3 Å². The first kappa shape index (κ1) is 7.74. The van der Waals surface area contributed by atoms with Gasteiger partial charge in [0.05, 0.1) is 17.4 Å². The Bertz CT molecular complexity index is 497. The quantitative estimate of drug-likeness (QED) is 0.674. The van der Waals surface area contributed by atoms with Gasteiger partial charge in [-0.2, -0.15) is 0 Å². The number of carbonyl (C=O) groups excluding carboxylic acids is 1. The molecule has 1 aliphatic rings. The molecule has 1 saturated carbocycles. The van der Waals surface area contributed by atoms with Crippen molar-refractivity contribution >= 4 is 17.3 Å². The summed E-state index contributed by atoms with van der Waals surface area (Å²) >= 11 is 0. The number of rotatable bonds is 2. The van der Waals surface area contributed by atoms with Gasteiger partial charge in [0.1, 0.15) is 6.29 Å². The molecule has 70 valence electrons. The molecule has 0 radical (unpaired) electrons. The summed E-state index contributed by atoms with van der Waals surface area (Å²) in [4.78, 5) is 14.9. The van der Waals surface area contributed by atoms with E-state index >= 15 is 0 Å². The van der Waals surface area contributed by atoms with Crippen LogP contribution < -0.4 is 0 Å². The predicted molar refractivity (Wildman–Crippen MR) is 53.4 cm³/mol. The third-order valence-corrected chi connectivity index (χ3v) is 2.68. The van der Waals surface area contributed by atoms with Gasteiger partial charge in [0.15, 0.2) is 0 Å². The molecule has 1 aromatic carbocycles. The minimum atomic E-state index is 0.641. The van der Waals surface area contributed by atoms with Crippen molar-refractivity contribution in [3.05, 3.63) is 30.1 Å². The molecule has 1 aliphatic carbocycles. The third-order valence-electron chi connectivity index (χ3n) is 2.68. The summed E-state index contributed by atoms with van der Waals surface area (Å²) in [5.41, 5.74) is 2.75. The van der Waals surface area contributed by atoms with E-state index in [1.165, 1.54) is 12.8 Å².